The SMILES string of the molecule is CC/C=C\C/C=C\C/C=C\C/C=C\C/C=C\CCCCCCCCCCCCCCCCCCCC(=O)OC(COC(=O)CCCCCCC/C=C\CCCC)COP(=O)([O-])OCC[N+](C)(C)C. The maximum absolute atomic E-state index is 12.8. The van der Waals surface area contributed by atoms with Crippen molar-refractivity contribution < 1.29 is 42.1 Å². The van der Waals surface area contributed by atoms with Crippen molar-refractivity contribution in [3.8, 4) is 0 Å². The molecule has 9 nitrogen and oxygen atoms in total. The van der Waals surface area contributed by atoms with Gasteiger partial charge in [0.25, 0.3) is 7.82 Å². The maximum Gasteiger partial charge on any atom is 0.306 e. The van der Waals surface area contributed by atoms with Gasteiger partial charge in [0.2, 0.25) is 0 Å². The van der Waals surface area contributed by atoms with Crippen LogP contribution in [0.1, 0.15) is 232 Å². The van der Waals surface area contributed by atoms with Crippen molar-refractivity contribution in [1.29, 1.82) is 0 Å². The number of nitrogens with zero attached hydrogens (tertiary/aromatic N) is 1. The first kappa shape index (κ1) is 65.5. The predicted octanol–water partition coefficient (Wildman–Crippen LogP) is 16.3. The quantitative estimate of drug-likeness (QED) is 0.0195. The van der Waals surface area contributed by atoms with Crippen molar-refractivity contribution in [2.75, 3.05) is 47.5 Å². The molecule has 0 aromatic carbocycles. The normalized spacial score (nSPS) is 13.9. The van der Waals surface area contributed by atoms with E-state index in [-0.39, 0.29) is 26.1 Å². The molecule has 394 valence electrons. The van der Waals surface area contributed by atoms with Crippen LogP contribution in [0.15, 0.2) is 72.9 Å². The van der Waals surface area contributed by atoms with Crippen molar-refractivity contribution in [2.24, 2.45) is 0 Å². The number of hydrogen-bond donors (Lipinski definition) is 0. The molecular formula is C58H104NO8P. The summed E-state index contributed by atoms with van der Waals surface area (Å²) in [4.78, 5) is 37.7. The average Bonchev–Trinajstić information content (AvgIpc) is 3.30. The number of carbonyl (C=O) groups excluding carboxylic acids is 2. The standard InChI is InChI=1S/C58H104NO8P/c1-6-8-10-12-14-16-18-19-20-21-22-23-24-25-26-27-28-29-30-31-32-33-34-35-36-37-38-39-41-43-45-47-49-51-58(61)67-56(55-66-68(62,63)65-53-52-59(3,4)5)54-64-57(60)50-48-46-44-42-40-17-15-13-11-9-7-2/h8,10,13-16,19-20,22-23,25-26,56H,6-7,9,11-12,17-18,21,24,27-55H2,1-5H3/b10-8-,15-13-,16-14-,20-19-,23-22-,26-25-. The molecule has 10 heteroatoms. The number of hydrogen-bond acceptors (Lipinski definition) is 8. The highest BCUT2D eigenvalue weighted by atomic mass is 31.2. The number of esters is 2. The maximum atomic E-state index is 12.8. The fourth-order valence-corrected chi connectivity index (χ4v) is 8.16. The summed E-state index contributed by atoms with van der Waals surface area (Å²) >= 11 is 0. The minimum absolute atomic E-state index is 0.0331. The second kappa shape index (κ2) is 49.4. The van der Waals surface area contributed by atoms with Gasteiger partial charge < -0.3 is 27.9 Å². The van der Waals surface area contributed by atoms with E-state index in [0.29, 0.717) is 17.4 Å². The van der Waals surface area contributed by atoms with Crippen molar-refractivity contribution in [1.82, 2.24) is 0 Å². The number of rotatable bonds is 50. The summed E-state index contributed by atoms with van der Waals surface area (Å²) in [6.07, 6.45) is 63.9. The zero-order chi connectivity index (χ0) is 49.9. The molecule has 0 heterocycles. The van der Waals surface area contributed by atoms with E-state index in [9.17, 15) is 19.0 Å². The number of unbranched alkanes of at least 4 members (excludes halogenated alkanes) is 24. The molecular weight excluding hydrogens is 870 g/mol. The van der Waals surface area contributed by atoms with Crippen molar-refractivity contribution in [3.05, 3.63) is 72.9 Å². The lowest BCUT2D eigenvalue weighted by Crippen LogP contribution is -2.37. The Labute approximate surface area is 418 Å². The van der Waals surface area contributed by atoms with Gasteiger partial charge in [0, 0.05) is 12.8 Å². The molecule has 2 unspecified atom stereocenters. The molecule has 0 aliphatic carbocycles. The van der Waals surface area contributed by atoms with E-state index >= 15 is 0 Å². The number of likely N-dealkylation sites (N-methyl/N-ethyl adjacent to an activating group) is 1. The van der Waals surface area contributed by atoms with Crippen LogP contribution in [-0.2, 0) is 32.7 Å². The van der Waals surface area contributed by atoms with Crippen LogP contribution in [0, 0.1) is 0 Å². The molecule has 0 aliphatic heterocycles. The van der Waals surface area contributed by atoms with E-state index in [4.69, 9.17) is 18.5 Å². The van der Waals surface area contributed by atoms with E-state index < -0.39 is 32.5 Å². The molecule has 0 saturated heterocycles. The highest BCUT2D eigenvalue weighted by Gasteiger charge is 2.21. The third-order valence-corrected chi connectivity index (χ3v) is 12.7. The lowest BCUT2D eigenvalue weighted by atomic mass is 10.0. The van der Waals surface area contributed by atoms with E-state index in [0.717, 1.165) is 96.3 Å². The van der Waals surface area contributed by atoms with Crippen molar-refractivity contribution in [3.63, 3.8) is 0 Å². The van der Waals surface area contributed by atoms with E-state index in [1.807, 2.05) is 21.1 Å². The Morgan fingerprint density at radius 1 is 0.471 bits per heavy atom. The number of quaternary nitrogens is 1. The molecule has 0 aliphatic rings. The van der Waals surface area contributed by atoms with Crippen LogP contribution in [-0.4, -0.2) is 70.0 Å². The molecule has 0 aromatic rings. The van der Waals surface area contributed by atoms with E-state index in [1.54, 1.807) is 0 Å². The number of phosphoric ester groups is 1. The minimum atomic E-state index is -4.63. The van der Waals surface area contributed by atoms with Crippen LogP contribution < -0.4 is 4.89 Å². The Hall–Kier alpha value is -2.55. The van der Waals surface area contributed by atoms with Gasteiger partial charge in [0.1, 0.15) is 19.8 Å². The lowest BCUT2D eigenvalue weighted by Gasteiger charge is -2.28. The van der Waals surface area contributed by atoms with Gasteiger partial charge in [-0.15, -0.1) is 0 Å². The lowest BCUT2D eigenvalue weighted by molar-refractivity contribution is -0.870. The summed E-state index contributed by atoms with van der Waals surface area (Å²) in [6.45, 7) is 4.08. The average molecular weight is 974 g/mol. The highest BCUT2D eigenvalue weighted by Crippen LogP contribution is 2.38. The third-order valence-electron chi connectivity index (χ3n) is 11.7. The molecule has 0 radical (unpaired) electrons. The third kappa shape index (κ3) is 52.8. The van der Waals surface area contributed by atoms with Crippen LogP contribution in [0.3, 0.4) is 0 Å². The van der Waals surface area contributed by atoms with Crippen LogP contribution >= 0.6 is 7.82 Å². The fraction of sp³-hybridized carbons (Fsp3) is 0.759. The summed E-state index contributed by atoms with van der Waals surface area (Å²) in [6, 6.07) is 0. The molecule has 2 atom stereocenters. The van der Waals surface area contributed by atoms with Gasteiger partial charge in [-0.3, -0.25) is 14.2 Å². The Bertz CT molecular complexity index is 1380. The van der Waals surface area contributed by atoms with E-state index in [1.165, 1.54) is 103 Å². The van der Waals surface area contributed by atoms with Crippen LogP contribution in [0.25, 0.3) is 0 Å². The largest absolute Gasteiger partial charge is 0.756 e. The Morgan fingerprint density at radius 3 is 1.26 bits per heavy atom. The summed E-state index contributed by atoms with van der Waals surface area (Å²) < 4.78 is 34.0. The van der Waals surface area contributed by atoms with Gasteiger partial charge >= 0.3 is 11.9 Å². The highest BCUT2D eigenvalue weighted by molar-refractivity contribution is 7.45. The van der Waals surface area contributed by atoms with Gasteiger partial charge in [-0.2, -0.15) is 0 Å². The Morgan fingerprint density at radius 2 is 0.838 bits per heavy atom. The van der Waals surface area contributed by atoms with Crippen molar-refractivity contribution in [2.45, 2.75) is 238 Å². The number of allylic oxidation sites excluding steroid dienone is 12. The second-order valence-corrected chi connectivity index (χ2v) is 21.0. The van der Waals surface area contributed by atoms with Crippen LogP contribution in [0.2, 0.25) is 0 Å². The first-order valence-electron chi connectivity index (χ1n) is 27.6. The molecule has 0 spiro atoms. The predicted molar refractivity (Wildman–Crippen MR) is 286 cm³/mol. The summed E-state index contributed by atoms with van der Waals surface area (Å²) in [5.41, 5.74) is 0. The topological polar surface area (TPSA) is 111 Å². The molecule has 0 bridgehead atoms. The second-order valence-electron chi connectivity index (χ2n) is 19.6. The molecule has 68 heavy (non-hydrogen) atoms. The van der Waals surface area contributed by atoms with Crippen LogP contribution in [0.4, 0.5) is 0 Å². The van der Waals surface area contributed by atoms with Gasteiger partial charge in [0.05, 0.1) is 27.7 Å². The summed E-state index contributed by atoms with van der Waals surface area (Å²) in [7, 11) is 1.16. The molecule has 0 aromatic heterocycles. The van der Waals surface area contributed by atoms with Gasteiger partial charge in [-0.25, -0.2) is 0 Å². The van der Waals surface area contributed by atoms with E-state index in [2.05, 4.69) is 86.8 Å². The fourth-order valence-electron chi connectivity index (χ4n) is 7.43. The molecule has 0 fully saturated rings. The molecule has 0 rings (SSSR count). The molecule has 0 N–H and O–H groups in total. The first-order valence-corrected chi connectivity index (χ1v) is 29.1. The zero-order valence-electron chi connectivity index (χ0n) is 44.5. The number of carbonyl (C=O) groups is 2. The van der Waals surface area contributed by atoms with Gasteiger partial charge in [0.15, 0.2) is 6.10 Å². The minimum Gasteiger partial charge on any atom is -0.756 e. The summed E-state index contributed by atoms with van der Waals surface area (Å²) in [5, 5.41) is 0. The smallest absolute Gasteiger partial charge is 0.306 e. The van der Waals surface area contributed by atoms with Crippen molar-refractivity contribution >= 4 is 19.8 Å². The monoisotopic (exact) mass is 974 g/mol. The van der Waals surface area contributed by atoms with Gasteiger partial charge in [-0.05, 0) is 77.0 Å². The summed E-state index contributed by atoms with van der Waals surface area (Å²) in [5.74, 6) is -0.843. The van der Waals surface area contributed by atoms with Crippen LogP contribution in [0.5, 0.6) is 0 Å². The number of ether oxygens (including phenoxy) is 2. The Kier molecular flexibility index (Phi) is 47.6. The number of phosphoric acid groups is 1. The van der Waals surface area contributed by atoms with Gasteiger partial charge in [-0.1, -0.05) is 215 Å². The zero-order valence-corrected chi connectivity index (χ0v) is 45.4. The first-order chi connectivity index (χ1) is 33.0. The molecule has 0 amide bonds. The molecule has 0 saturated carbocycles. The Balaban J connectivity index is 4.01.